The zero-order chi connectivity index (χ0) is 7.98. The first-order valence-electron chi connectivity index (χ1n) is 2.93. The molecule has 60 valence electrons. The molecule has 4 N–H and O–H groups in total. The van der Waals surface area contributed by atoms with E-state index in [4.69, 9.17) is 10.9 Å². The van der Waals surface area contributed by atoms with E-state index in [1.807, 2.05) is 13.2 Å². The summed E-state index contributed by atoms with van der Waals surface area (Å²) in [6.45, 7) is 1.93. The average Bonchev–Trinajstić information content (AvgIpc) is 1.88. The Morgan fingerprint density at radius 1 is 1.90 bits per heavy atom. The minimum absolute atomic E-state index is 0.0709. The average molecular weight is 163 g/mol. The zero-order valence-corrected chi connectivity index (χ0v) is 6.98. The number of hydrogen-bond donors (Lipinski definition) is 3. The monoisotopic (exact) mass is 163 g/mol. The number of aliphatic imine (C=N–C) groups is 1. The fourth-order valence-electron chi connectivity index (χ4n) is 0.545. The molecule has 10 heavy (non-hydrogen) atoms. The molecule has 0 amide bonds. The van der Waals surface area contributed by atoms with E-state index in [2.05, 4.69) is 4.99 Å². The molecule has 0 aliphatic carbocycles. The normalized spacial score (nSPS) is 14.9. The van der Waals surface area contributed by atoms with Crippen LogP contribution in [0, 0.1) is 0 Å². The van der Waals surface area contributed by atoms with Gasteiger partial charge < -0.3 is 5.73 Å². The van der Waals surface area contributed by atoms with Crippen LogP contribution in [0.2, 0.25) is 0 Å². The van der Waals surface area contributed by atoms with E-state index in [1.54, 1.807) is 17.2 Å². The van der Waals surface area contributed by atoms with Crippen molar-refractivity contribution in [3.8, 4) is 0 Å². The predicted molar refractivity (Wildman–Crippen MR) is 44.4 cm³/mol. The maximum atomic E-state index is 8.24. The third-order valence-corrected chi connectivity index (χ3v) is 1.70. The lowest BCUT2D eigenvalue weighted by atomic mass is 10.4. The van der Waals surface area contributed by atoms with Crippen molar-refractivity contribution in [2.45, 2.75) is 13.0 Å². The summed E-state index contributed by atoms with van der Waals surface area (Å²) in [6.07, 6.45) is 1.99. The molecule has 4 nitrogen and oxygen atoms in total. The van der Waals surface area contributed by atoms with E-state index in [0.717, 1.165) is 5.75 Å². The highest BCUT2D eigenvalue weighted by Crippen LogP contribution is 1.99. The lowest BCUT2D eigenvalue weighted by Crippen LogP contribution is -2.30. The molecule has 0 aliphatic rings. The Balaban J connectivity index is 3.62. The molecule has 0 rings (SSSR count). The Morgan fingerprint density at radius 3 is 2.90 bits per heavy atom. The van der Waals surface area contributed by atoms with Gasteiger partial charge in [-0.25, -0.2) is 10.5 Å². The van der Waals surface area contributed by atoms with Gasteiger partial charge in [0.1, 0.15) is 0 Å². The summed E-state index contributed by atoms with van der Waals surface area (Å²) in [6, 6.07) is 0.148. The van der Waals surface area contributed by atoms with Gasteiger partial charge in [0.05, 0.1) is 6.04 Å². The van der Waals surface area contributed by atoms with Crippen LogP contribution in [0.4, 0.5) is 0 Å². The van der Waals surface area contributed by atoms with Crippen molar-refractivity contribution in [1.82, 2.24) is 5.48 Å². The van der Waals surface area contributed by atoms with Crippen LogP contribution in [0.3, 0.4) is 0 Å². The third-order valence-electron chi connectivity index (χ3n) is 0.882. The maximum Gasteiger partial charge on any atom is 0.213 e. The molecule has 0 bridgehead atoms. The van der Waals surface area contributed by atoms with E-state index in [0.29, 0.717) is 0 Å². The number of thioether (sulfide) groups is 1. The lowest BCUT2D eigenvalue weighted by molar-refractivity contribution is 0.232. The van der Waals surface area contributed by atoms with Gasteiger partial charge in [-0.05, 0) is 13.2 Å². The minimum Gasteiger partial charge on any atom is -0.368 e. The van der Waals surface area contributed by atoms with E-state index < -0.39 is 0 Å². The summed E-state index contributed by atoms with van der Waals surface area (Å²) < 4.78 is 0. The van der Waals surface area contributed by atoms with Gasteiger partial charge in [0.15, 0.2) is 0 Å². The van der Waals surface area contributed by atoms with Crippen molar-refractivity contribution in [3.05, 3.63) is 0 Å². The molecular weight excluding hydrogens is 150 g/mol. The van der Waals surface area contributed by atoms with Gasteiger partial charge in [0, 0.05) is 5.75 Å². The first kappa shape index (κ1) is 9.58. The second-order valence-corrected chi connectivity index (χ2v) is 2.84. The summed E-state index contributed by atoms with van der Waals surface area (Å²) in [5.74, 6) is 0.976. The van der Waals surface area contributed by atoms with E-state index in [-0.39, 0.29) is 12.0 Å². The van der Waals surface area contributed by atoms with Crippen molar-refractivity contribution in [2.75, 3.05) is 12.0 Å². The summed E-state index contributed by atoms with van der Waals surface area (Å²) >= 11 is 1.69. The second-order valence-electron chi connectivity index (χ2n) is 1.93. The van der Waals surface area contributed by atoms with Crippen LogP contribution in [-0.4, -0.2) is 29.2 Å². The Morgan fingerprint density at radius 2 is 2.50 bits per heavy atom. The molecule has 5 heteroatoms. The van der Waals surface area contributed by atoms with Crippen LogP contribution in [-0.2, 0) is 0 Å². The molecule has 0 aromatic heterocycles. The standard InChI is InChI=1S/C5H13N3OS/c1-4(3-10-2)7-5(6)8-9/h4,9H,3H2,1-2H3,(H3,6,7,8). The van der Waals surface area contributed by atoms with Crippen molar-refractivity contribution >= 4 is 17.7 Å². The van der Waals surface area contributed by atoms with Crippen molar-refractivity contribution in [2.24, 2.45) is 10.7 Å². The Kier molecular flexibility index (Phi) is 5.15. The number of rotatable bonds is 3. The molecule has 0 heterocycles. The topological polar surface area (TPSA) is 70.6 Å². The number of nitrogens with one attached hydrogen (secondary N) is 1. The van der Waals surface area contributed by atoms with Gasteiger partial charge in [0.25, 0.3) is 0 Å². The van der Waals surface area contributed by atoms with Crippen LogP contribution >= 0.6 is 11.8 Å². The first-order chi connectivity index (χ1) is 4.70. The summed E-state index contributed by atoms with van der Waals surface area (Å²) in [7, 11) is 0. The smallest absolute Gasteiger partial charge is 0.213 e. The summed E-state index contributed by atoms with van der Waals surface area (Å²) in [5.41, 5.74) is 6.96. The van der Waals surface area contributed by atoms with E-state index in [9.17, 15) is 0 Å². The van der Waals surface area contributed by atoms with Crippen LogP contribution < -0.4 is 11.2 Å². The number of guanidine groups is 1. The van der Waals surface area contributed by atoms with Gasteiger partial charge in [-0.1, -0.05) is 0 Å². The SMILES string of the molecule is CSCC(C)N=C(N)NO. The van der Waals surface area contributed by atoms with Crippen LogP contribution in [0.15, 0.2) is 4.99 Å². The first-order valence-corrected chi connectivity index (χ1v) is 4.32. The molecule has 0 fully saturated rings. The quantitative estimate of drug-likeness (QED) is 0.312. The number of hydrogen-bond acceptors (Lipinski definition) is 3. The molecule has 0 saturated heterocycles. The molecule has 0 saturated carbocycles. The highest BCUT2D eigenvalue weighted by Gasteiger charge is 1.97. The number of hydroxylamine groups is 1. The zero-order valence-electron chi connectivity index (χ0n) is 6.16. The highest BCUT2D eigenvalue weighted by atomic mass is 32.2. The molecule has 0 aromatic rings. The van der Waals surface area contributed by atoms with Gasteiger partial charge in [-0.3, -0.25) is 5.21 Å². The van der Waals surface area contributed by atoms with Crippen LogP contribution in [0.1, 0.15) is 6.92 Å². The van der Waals surface area contributed by atoms with Crippen LogP contribution in [0.25, 0.3) is 0 Å². The fraction of sp³-hybridized carbons (Fsp3) is 0.800. The summed E-state index contributed by atoms with van der Waals surface area (Å²) in [4.78, 5) is 3.90. The van der Waals surface area contributed by atoms with Gasteiger partial charge in [0.2, 0.25) is 5.96 Å². The lowest BCUT2D eigenvalue weighted by Gasteiger charge is -2.04. The largest absolute Gasteiger partial charge is 0.368 e. The van der Waals surface area contributed by atoms with Gasteiger partial charge in [-0.2, -0.15) is 11.8 Å². The van der Waals surface area contributed by atoms with Crippen molar-refractivity contribution in [1.29, 1.82) is 0 Å². The van der Waals surface area contributed by atoms with Gasteiger partial charge >= 0.3 is 0 Å². The fourth-order valence-corrected chi connectivity index (χ4v) is 1.10. The molecule has 1 unspecified atom stereocenters. The maximum absolute atomic E-state index is 8.24. The van der Waals surface area contributed by atoms with Crippen LogP contribution in [0.5, 0.6) is 0 Å². The van der Waals surface area contributed by atoms with Crippen molar-refractivity contribution < 1.29 is 5.21 Å². The van der Waals surface area contributed by atoms with Crippen molar-refractivity contribution in [3.63, 3.8) is 0 Å². The van der Waals surface area contributed by atoms with Gasteiger partial charge in [-0.15, -0.1) is 0 Å². The molecule has 1 atom stereocenters. The summed E-state index contributed by atoms with van der Waals surface area (Å²) in [5, 5.41) is 8.24. The number of nitrogens with zero attached hydrogens (tertiary/aromatic N) is 1. The molecular formula is C5H13N3OS. The molecule has 0 aromatic carbocycles. The minimum atomic E-state index is 0.0709. The third kappa shape index (κ3) is 4.46. The van der Waals surface area contributed by atoms with E-state index >= 15 is 0 Å². The Hall–Kier alpha value is -0.420. The second kappa shape index (κ2) is 5.37. The molecule has 0 spiro atoms. The number of nitrogens with two attached hydrogens (primary N) is 1. The Labute approximate surface area is 64.9 Å². The molecule has 0 aliphatic heterocycles. The Bertz CT molecular complexity index is 117. The molecule has 0 radical (unpaired) electrons. The predicted octanol–water partition coefficient (Wildman–Crippen LogP) is 0.0314. The highest BCUT2D eigenvalue weighted by molar-refractivity contribution is 7.98. The van der Waals surface area contributed by atoms with E-state index in [1.165, 1.54) is 0 Å².